The van der Waals surface area contributed by atoms with Gasteiger partial charge in [0, 0.05) is 11.9 Å². The normalized spacial score (nSPS) is 11.7. The van der Waals surface area contributed by atoms with Crippen LogP contribution in [0.3, 0.4) is 0 Å². The number of para-hydroxylation sites is 1. The van der Waals surface area contributed by atoms with E-state index in [1.54, 1.807) is 6.26 Å². The van der Waals surface area contributed by atoms with Crippen molar-refractivity contribution in [3.05, 3.63) is 36.1 Å². The Kier molecular flexibility index (Phi) is 3.90. The first-order valence-corrected chi connectivity index (χ1v) is 6.33. The Morgan fingerprint density at radius 2 is 2.11 bits per heavy atom. The van der Waals surface area contributed by atoms with Crippen LogP contribution in [-0.4, -0.2) is 25.2 Å². The first-order valence-electron chi connectivity index (χ1n) is 6.33. The topological polar surface area (TPSA) is 51.5 Å². The lowest BCUT2D eigenvalue weighted by atomic mass is 10.1. The summed E-state index contributed by atoms with van der Waals surface area (Å²) < 4.78 is 10.2. The molecule has 4 nitrogen and oxygen atoms in total. The molecule has 0 aliphatic heterocycles. The molecule has 0 fully saturated rings. The fourth-order valence-corrected chi connectivity index (χ4v) is 2.06. The van der Waals surface area contributed by atoms with Crippen LogP contribution in [0.2, 0.25) is 0 Å². The molecule has 2 rings (SSSR count). The molecule has 0 atom stereocenters. The highest BCUT2D eigenvalue weighted by molar-refractivity contribution is 5.81. The number of hydrogen-bond acceptors (Lipinski definition) is 4. The zero-order valence-electron chi connectivity index (χ0n) is 11.5. The van der Waals surface area contributed by atoms with Gasteiger partial charge in [-0.15, -0.1) is 0 Å². The van der Waals surface area contributed by atoms with Crippen LogP contribution in [-0.2, 0) is 16.0 Å². The minimum atomic E-state index is -0.672. The molecule has 1 aromatic heterocycles. The lowest BCUT2D eigenvalue weighted by Gasteiger charge is -2.22. The van der Waals surface area contributed by atoms with E-state index in [1.807, 2.05) is 38.1 Å². The van der Waals surface area contributed by atoms with Crippen LogP contribution in [0.4, 0.5) is 0 Å². The lowest BCUT2D eigenvalue weighted by Crippen LogP contribution is -2.48. The average Bonchev–Trinajstić information content (AvgIpc) is 2.81. The van der Waals surface area contributed by atoms with Crippen molar-refractivity contribution in [2.24, 2.45) is 0 Å². The Labute approximate surface area is 112 Å². The average molecular weight is 261 g/mol. The first-order chi connectivity index (χ1) is 9.04. The van der Waals surface area contributed by atoms with Crippen LogP contribution in [0.15, 0.2) is 34.9 Å². The fraction of sp³-hybridized carbons (Fsp3) is 0.400. The van der Waals surface area contributed by atoms with Gasteiger partial charge in [-0.1, -0.05) is 18.2 Å². The molecule has 0 radical (unpaired) electrons. The zero-order valence-corrected chi connectivity index (χ0v) is 11.5. The Morgan fingerprint density at radius 3 is 2.84 bits per heavy atom. The summed E-state index contributed by atoms with van der Waals surface area (Å²) in [5.41, 5.74) is 1.36. The fourth-order valence-electron chi connectivity index (χ4n) is 2.06. The molecule has 4 heteroatoms. The minimum absolute atomic E-state index is 0.260. The van der Waals surface area contributed by atoms with E-state index in [9.17, 15) is 4.79 Å². The van der Waals surface area contributed by atoms with Crippen molar-refractivity contribution in [3.63, 3.8) is 0 Å². The molecule has 0 bridgehead atoms. The number of ether oxygens (including phenoxy) is 1. The van der Waals surface area contributed by atoms with Crippen LogP contribution in [0, 0.1) is 0 Å². The zero-order chi connectivity index (χ0) is 13.9. The summed E-state index contributed by atoms with van der Waals surface area (Å²) >= 11 is 0. The van der Waals surface area contributed by atoms with Gasteiger partial charge in [0.2, 0.25) is 0 Å². The number of carbonyl (C=O) groups is 1. The molecule has 2 aromatic rings. The number of benzene rings is 1. The van der Waals surface area contributed by atoms with Gasteiger partial charge < -0.3 is 14.5 Å². The number of rotatable bonds is 5. The second-order valence-electron chi connectivity index (χ2n) is 5.05. The van der Waals surface area contributed by atoms with E-state index < -0.39 is 5.54 Å². The van der Waals surface area contributed by atoms with Gasteiger partial charge in [0.25, 0.3) is 0 Å². The highest BCUT2D eigenvalue weighted by Crippen LogP contribution is 2.20. The third kappa shape index (κ3) is 2.96. The molecule has 1 N–H and O–H groups in total. The van der Waals surface area contributed by atoms with E-state index >= 15 is 0 Å². The predicted molar refractivity (Wildman–Crippen MR) is 74.0 cm³/mol. The summed E-state index contributed by atoms with van der Waals surface area (Å²) in [6.07, 6.45) is 2.58. The molecule has 0 amide bonds. The summed E-state index contributed by atoms with van der Waals surface area (Å²) in [7, 11) is 1.40. The molecule has 0 spiro atoms. The largest absolute Gasteiger partial charge is 0.468 e. The SMILES string of the molecule is COC(=O)C(C)(C)NCCc1coc2ccccc12. The smallest absolute Gasteiger partial charge is 0.325 e. The third-order valence-corrected chi connectivity index (χ3v) is 3.22. The second-order valence-corrected chi connectivity index (χ2v) is 5.05. The second kappa shape index (κ2) is 5.45. The van der Waals surface area contributed by atoms with Crippen molar-refractivity contribution in [3.8, 4) is 0 Å². The number of nitrogens with one attached hydrogen (secondary N) is 1. The number of carbonyl (C=O) groups excluding carboxylic acids is 1. The van der Waals surface area contributed by atoms with Crippen molar-refractivity contribution >= 4 is 16.9 Å². The van der Waals surface area contributed by atoms with E-state index in [1.165, 1.54) is 7.11 Å². The molecule has 102 valence electrons. The molecule has 0 aliphatic carbocycles. The van der Waals surface area contributed by atoms with Crippen LogP contribution >= 0.6 is 0 Å². The van der Waals surface area contributed by atoms with Crippen molar-refractivity contribution in [1.82, 2.24) is 5.32 Å². The number of fused-ring (bicyclic) bond motifs is 1. The van der Waals surface area contributed by atoms with Crippen molar-refractivity contribution in [2.75, 3.05) is 13.7 Å². The van der Waals surface area contributed by atoms with E-state index in [-0.39, 0.29) is 5.97 Å². The van der Waals surface area contributed by atoms with Crippen LogP contribution in [0.1, 0.15) is 19.4 Å². The number of furan rings is 1. The maximum Gasteiger partial charge on any atom is 0.325 e. The summed E-state index contributed by atoms with van der Waals surface area (Å²) in [4.78, 5) is 11.5. The number of methoxy groups -OCH3 is 1. The Balaban J connectivity index is 1.98. The standard InChI is InChI=1S/C15H19NO3/c1-15(2,14(17)18-3)16-9-8-11-10-19-13-7-5-4-6-12(11)13/h4-7,10,16H,8-9H2,1-3H3. The number of esters is 1. The van der Waals surface area contributed by atoms with Crippen LogP contribution < -0.4 is 5.32 Å². The van der Waals surface area contributed by atoms with Gasteiger partial charge in [-0.25, -0.2) is 0 Å². The van der Waals surface area contributed by atoms with Crippen molar-refractivity contribution in [2.45, 2.75) is 25.8 Å². The molecule has 0 unspecified atom stereocenters. The molecule has 19 heavy (non-hydrogen) atoms. The Bertz CT molecular complexity index is 572. The molecule has 1 heterocycles. The molecular formula is C15H19NO3. The molecule has 0 aliphatic rings. The molecular weight excluding hydrogens is 242 g/mol. The first kappa shape index (κ1) is 13.6. The van der Waals surface area contributed by atoms with E-state index in [2.05, 4.69) is 5.32 Å². The van der Waals surface area contributed by atoms with Gasteiger partial charge in [-0.3, -0.25) is 4.79 Å². The van der Waals surface area contributed by atoms with Crippen LogP contribution in [0.25, 0.3) is 11.0 Å². The molecule has 0 saturated carbocycles. The summed E-state index contributed by atoms with van der Waals surface area (Å²) in [5.74, 6) is -0.260. The monoisotopic (exact) mass is 261 g/mol. The van der Waals surface area contributed by atoms with Crippen molar-refractivity contribution in [1.29, 1.82) is 0 Å². The van der Waals surface area contributed by atoms with E-state index in [4.69, 9.17) is 9.15 Å². The highest BCUT2D eigenvalue weighted by Gasteiger charge is 2.27. The lowest BCUT2D eigenvalue weighted by molar-refractivity contribution is -0.147. The maximum atomic E-state index is 11.5. The van der Waals surface area contributed by atoms with E-state index in [0.717, 1.165) is 23.0 Å². The predicted octanol–water partition coefficient (Wildman–Crippen LogP) is 2.52. The van der Waals surface area contributed by atoms with Gasteiger partial charge in [0.15, 0.2) is 0 Å². The van der Waals surface area contributed by atoms with Gasteiger partial charge in [-0.2, -0.15) is 0 Å². The van der Waals surface area contributed by atoms with Crippen LogP contribution in [0.5, 0.6) is 0 Å². The van der Waals surface area contributed by atoms with Gasteiger partial charge in [0.05, 0.1) is 13.4 Å². The van der Waals surface area contributed by atoms with Gasteiger partial charge in [0.1, 0.15) is 11.1 Å². The summed E-state index contributed by atoms with van der Waals surface area (Å²) in [5, 5.41) is 4.32. The third-order valence-electron chi connectivity index (χ3n) is 3.22. The van der Waals surface area contributed by atoms with E-state index in [0.29, 0.717) is 6.54 Å². The minimum Gasteiger partial charge on any atom is -0.468 e. The quantitative estimate of drug-likeness (QED) is 0.840. The molecule has 0 saturated heterocycles. The van der Waals surface area contributed by atoms with Crippen molar-refractivity contribution < 1.29 is 13.9 Å². The Morgan fingerprint density at radius 1 is 1.37 bits per heavy atom. The highest BCUT2D eigenvalue weighted by atomic mass is 16.5. The molecule has 1 aromatic carbocycles. The Hall–Kier alpha value is -1.81. The maximum absolute atomic E-state index is 11.5. The number of hydrogen-bond donors (Lipinski definition) is 1. The summed E-state index contributed by atoms with van der Waals surface area (Å²) in [6.45, 7) is 4.31. The van der Waals surface area contributed by atoms with Gasteiger partial charge >= 0.3 is 5.97 Å². The summed E-state index contributed by atoms with van der Waals surface area (Å²) in [6, 6.07) is 7.94. The van der Waals surface area contributed by atoms with Gasteiger partial charge in [-0.05, 0) is 31.9 Å².